The minimum absolute atomic E-state index is 0.266. The van der Waals surface area contributed by atoms with Crippen molar-refractivity contribution in [1.29, 1.82) is 0 Å². The molecule has 1 aliphatic heterocycles. The van der Waals surface area contributed by atoms with E-state index in [1.165, 1.54) is 0 Å². The molecule has 0 aromatic rings. The summed E-state index contributed by atoms with van der Waals surface area (Å²) in [6.45, 7) is 7.15. The number of nitrogens with zero attached hydrogens (tertiary/aromatic N) is 2. The lowest BCUT2D eigenvalue weighted by molar-refractivity contribution is -0.144. The van der Waals surface area contributed by atoms with Crippen LogP contribution in [0.5, 0.6) is 0 Å². The molecule has 0 unspecified atom stereocenters. The lowest BCUT2D eigenvalue weighted by atomic mass is 10.2. The van der Waals surface area contributed by atoms with Gasteiger partial charge in [0.05, 0.1) is 0 Å². The highest BCUT2D eigenvalue weighted by molar-refractivity contribution is 6.45. The van der Waals surface area contributed by atoms with Gasteiger partial charge in [0.25, 0.3) is 0 Å². The summed E-state index contributed by atoms with van der Waals surface area (Å²) in [5.74, 6) is -2.01. The first-order valence-corrected chi connectivity index (χ1v) is 6.21. The van der Waals surface area contributed by atoms with Crippen molar-refractivity contribution in [1.82, 2.24) is 15.1 Å². The minimum Gasteiger partial charge on any atom is -0.354 e. The molecule has 19 heavy (non-hydrogen) atoms. The molecule has 0 aromatic carbocycles. The molecule has 1 saturated heterocycles. The Morgan fingerprint density at radius 1 is 1.11 bits per heavy atom. The molecule has 7 nitrogen and oxygen atoms in total. The van der Waals surface area contributed by atoms with Crippen LogP contribution in [0.4, 0.5) is 4.79 Å². The van der Waals surface area contributed by atoms with Crippen molar-refractivity contribution in [2.45, 2.75) is 33.7 Å². The highest BCUT2D eigenvalue weighted by Gasteiger charge is 2.46. The van der Waals surface area contributed by atoms with E-state index in [0.717, 1.165) is 4.90 Å². The number of hydrogen-bond donors (Lipinski definition) is 1. The van der Waals surface area contributed by atoms with Gasteiger partial charge < -0.3 is 5.32 Å². The van der Waals surface area contributed by atoms with Crippen molar-refractivity contribution in [2.24, 2.45) is 5.92 Å². The second-order valence-corrected chi connectivity index (χ2v) is 5.14. The fraction of sp³-hybridized carbons (Fsp3) is 0.667. The molecule has 0 aromatic heterocycles. The number of nitrogens with one attached hydrogen (secondary N) is 1. The molecular weight excluding hydrogens is 250 g/mol. The first-order chi connectivity index (χ1) is 8.75. The van der Waals surface area contributed by atoms with Crippen molar-refractivity contribution in [3.8, 4) is 0 Å². The normalized spacial score (nSPS) is 16.0. The van der Waals surface area contributed by atoms with Gasteiger partial charge in [0.2, 0.25) is 5.91 Å². The topological polar surface area (TPSA) is 86.8 Å². The third-order valence-corrected chi connectivity index (χ3v) is 2.61. The van der Waals surface area contributed by atoms with Crippen LogP contribution in [0.2, 0.25) is 0 Å². The van der Waals surface area contributed by atoms with Crippen molar-refractivity contribution < 1.29 is 19.2 Å². The summed E-state index contributed by atoms with van der Waals surface area (Å²) in [6, 6.07) is -1.14. The van der Waals surface area contributed by atoms with E-state index in [2.05, 4.69) is 5.32 Å². The lowest BCUT2D eigenvalue weighted by Gasteiger charge is -2.18. The van der Waals surface area contributed by atoms with Crippen LogP contribution in [0, 0.1) is 5.92 Å². The quantitative estimate of drug-likeness (QED) is 0.560. The van der Waals surface area contributed by atoms with E-state index in [-0.39, 0.29) is 5.92 Å². The predicted molar refractivity (Wildman–Crippen MR) is 66.9 cm³/mol. The zero-order valence-electron chi connectivity index (χ0n) is 11.6. The Morgan fingerprint density at radius 2 is 1.68 bits per heavy atom. The van der Waals surface area contributed by atoms with Crippen molar-refractivity contribution in [3.05, 3.63) is 0 Å². The minimum atomic E-state index is -0.946. The zero-order valence-corrected chi connectivity index (χ0v) is 11.6. The fourth-order valence-corrected chi connectivity index (χ4v) is 1.63. The zero-order chi connectivity index (χ0) is 14.7. The lowest BCUT2D eigenvalue weighted by Crippen LogP contribution is -2.43. The first kappa shape index (κ1) is 15.1. The smallest absolute Gasteiger partial charge is 0.334 e. The van der Waals surface area contributed by atoms with Gasteiger partial charge in [-0.25, -0.2) is 9.69 Å². The molecule has 1 aliphatic rings. The largest absolute Gasteiger partial charge is 0.354 e. The van der Waals surface area contributed by atoms with Crippen molar-refractivity contribution in [3.63, 3.8) is 0 Å². The Kier molecular flexibility index (Phi) is 4.63. The monoisotopic (exact) mass is 269 g/mol. The van der Waals surface area contributed by atoms with E-state index in [1.807, 2.05) is 13.8 Å². The predicted octanol–water partition coefficient (Wildman–Crippen LogP) is -0.0422. The molecule has 0 bridgehead atoms. The van der Waals surface area contributed by atoms with E-state index in [9.17, 15) is 19.2 Å². The number of carbonyl (C=O) groups is 4. The molecule has 5 amide bonds. The van der Waals surface area contributed by atoms with Gasteiger partial charge in [-0.05, 0) is 19.8 Å². The number of hydrogen-bond acceptors (Lipinski definition) is 4. The van der Waals surface area contributed by atoms with Crippen molar-refractivity contribution >= 4 is 23.8 Å². The molecule has 7 heteroatoms. The Bertz CT molecular complexity index is 417. The SMILES string of the molecule is CC(C)CNC(=O)CN1C(=O)C(=O)N(C(C)C)C1=O. The summed E-state index contributed by atoms with van der Waals surface area (Å²) in [6.07, 6.45) is 0. The number of amides is 5. The van der Waals surface area contributed by atoms with Crippen LogP contribution >= 0.6 is 0 Å². The van der Waals surface area contributed by atoms with Gasteiger partial charge in [0, 0.05) is 12.6 Å². The van der Waals surface area contributed by atoms with E-state index < -0.39 is 36.3 Å². The van der Waals surface area contributed by atoms with Crippen LogP contribution in [-0.4, -0.2) is 52.7 Å². The maximum Gasteiger partial charge on any atom is 0.334 e. The standard InChI is InChI=1S/C12H19N3O4/c1-7(2)5-13-9(16)6-14-10(17)11(18)15(8(3)4)12(14)19/h7-8H,5-6H2,1-4H3,(H,13,16). The summed E-state index contributed by atoms with van der Waals surface area (Å²) >= 11 is 0. The molecule has 106 valence electrons. The van der Waals surface area contributed by atoms with Crippen molar-refractivity contribution in [2.75, 3.05) is 13.1 Å². The molecule has 0 spiro atoms. The van der Waals surface area contributed by atoms with Gasteiger partial charge in [-0.2, -0.15) is 0 Å². The van der Waals surface area contributed by atoms with E-state index in [0.29, 0.717) is 11.4 Å². The number of rotatable bonds is 5. The van der Waals surface area contributed by atoms with Crippen LogP contribution < -0.4 is 5.32 Å². The highest BCUT2D eigenvalue weighted by Crippen LogP contribution is 2.14. The third-order valence-electron chi connectivity index (χ3n) is 2.61. The Morgan fingerprint density at radius 3 is 2.11 bits per heavy atom. The average Bonchev–Trinajstić information content (AvgIpc) is 2.50. The molecule has 1 rings (SSSR count). The second kappa shape index (κ2) is 5.81. The Hall–Kier alpha value is -1.92. The van der Waals surface area contributed by atoms with E-state index >= 15 is 0 Å². The Labute approximate surface area is 111 Å². The van der Waals surface area contributed by atoms with Crippen LogP contribution in [0.1, 0.15) is 27.7 Å². The van der Waals surface area contributed by atoms with Crippen LogP contribution in [0.25, 0.3) is 0 Å². The Balaban J connectivity index is 2.69. The first-order valence-electron chi connectivity index (χ1n) is 6.21. The molecule has 0 radical (unpaired) electrons. The van der Waals surface area contributed by atoms with Gasteiger partial charge in [0.15, 0.2) is 0 Å². The summed E-state index contributed by atoms with van der Waals surface area (Å²) in [4.78, 5) is 48.2. The van der Waals surface area contributed by atoms with Gasteiger partial charge in [-0.1, -0.05) is 13.8 Å². The highest BCUT2D eigenvalue weighted by atomic mass is 16.2. The molecule has 1 N–H and O–H groups in total. The number of imide groups is 2. The summed E-state index contributed by atoms with van der Waals surface area (Å²) in [5, 5.41) is 2.59. The van der Waals surface area contributed by atoms with E-state index in [1.54, 1.807) is 13.8 Å². The molecular formula is C12H19N3O4. The third kappa shape index (κ3) is 3.30. The molecule has 0 saturated carbocycles. The van der Waals surface area contributed by atoms with Crippen LogP contribution in [0.3, 0.4) is 0 Å². The average molecular weight is 269 g/mol. The van der Waals surface area contributed by atoms with Crippen LogP contribution in [-0.2, 0) is 14.4 Å². The maximum absolute atomic E-state index is 11.9. The molecule has 1 fully saturated rings. The number of carbonyl (C=O) groups excluding carboxylic acids is 4. The molecule has 1 heterocycles. The van der Waals surface area contributed by atoms with E-state index in [4.69, 9.17) is 0 Å². The molecule has 0 aliphatic carbocycles. The summed E-state index contributed by atoms with van der Waals surface area (Å²) < 4.78 is 0. The second-order valence-electron chi connectivity index (χ2n) is 5.14. The van der Waals surface area contributed by atoms with Gasteiger partial charge >= 0.3 is 17.8 Å². The van der Waals surface area contributed by atoms with Crippen LogP contribution in [0.15, 0.2) is 0 Å². The van der Waals surface area contributed by atoms with Gasteiger partial charge in [-0.3, -0.25) is 19.3 Å². The fourth-order valence-electron chi connectivity index (χ4n) is 1.63. The molecule has 0 atom stereocenters. The summed E-state index contributed by atoms with van der Waals surface area (Å²) in [5.41, 5.74) is 0. The summed E-state index contributed by atoms with van der Waals surface area (Å²) in [7, 11) is 0. The maximum atomic E-state index is 11.9. The van der Waals surface area contributed by atoms with Gasteiger partial charge in [-0.15, -0.1) is 0 Å². The number of urea groups is 1. The van der Waals surface area contributed by atoms with Gasteiger partial charge in [0.1, 0.15) is 6.54 Å².